The summed E-state index contributed by atoms with van der Waals surface area (Å²) in [6.07, 6.45) is 5.03. The summed E-state index contributed by atoms with van der Waals surface area (Å²) in [6.45, 7) is 4.08. The van der Waals surface area contributed by atoms with Gasteiger partial charge in [-0.15, -0.1) is 5.10 Å². The summed E-state index contributed by atoms with van der Waals surface area (Å²) >= 11 is 0. The molecule has 0 fully saturated rings. The Kier molecular flexibility index (Phi) is 4.95. The third kappa shape index (κ3) is 3.51. The molecular weight excluding hydrogens is 402 g/mol. The normalized spacial score (nSPS) is 11.2. The summed E-state index contributed by atoms with van der Waals surface area (Å²) in [6, 6.07) is 19.2. The molecule has 8 heteroatoms. The molecule has 0 saturated heterocycles. The topological polar surface area (TPSA) is 90.5 Å². The lowest BCUT2D eigenvalue weighted by molar-refractivity contribution is 0.102. The van der Waals surface area contributed by atoms with Gasteiger partial charge in [0, 0.05) is 11.6 Å². The molecule has 8 nitrogen and oxygen atoms in total. The van der Waals surface area contributed by atoms with Crippen molar-refractivity contribution in [2.24, 2.45) is 0 Å². The zero-order valence-corrected chi connectivity index (χ0v) is 17.7. The van der Waals surface area contributed by atoms with Crippen LogP contribution in [0.5, 0.6) is 0 Å². The zero-order valence-electron chi connectivity index (χ0n) is 17.7. The SMILES string of the molecule is CC(C)n1ncc2c(C(=O)Nc3ccccc3-n3ccnn3)cc(-c3ccccc3)nc21. The highest BCUT2D eigenvalue weighted by Crippen LogP contribution is 2.28. The van der Waals surface area contributed by atoms with Crippen molar-refractivity contribution in [1.82, 2.24) is 29.8 Å². The molecule has 3 heterocycles. The number of aromatic nitrogens is 6. The van der Waals surface area contributed by atoms with E-state index >= 15 is 0 Å². The Bertz CT molecular complexity index is 1390. The highest BCUT2D eigenvalue weighted by atomic mass is 16.1. The second kappa shape index (κ2) is 8.07. The molecule has 0 aliphatic carbocycles. The van der Waals surface area contributed by atoms with Gasteiger partial charge in [-0.1, -0.05) is 47.7 Å². The van der Waals surface area contributed by atoms with Gasteiger partial charge in [0.1, 0.15) is 0 Å². The van der Waals surface area contributed by atoms with Crippen LogP contribution in [0, 0.1) is 0 Å². The summed E-state index contributed by atoms with van der Waals surface area (Å²) in [5, 5.41) is 16.1. The molecule has 1 amide bonds. The standard InChI is InChI=1S/C24H21N7O/c1-16(2)31-23-19(15-26-31)18(14-21(27-23)17-8-4-3-5-9-17)24(32)28-20-10-6-7-11-22(20)30-13-12-25-29-30/h3-16H,1-2H3,(H,28,32). The van der Waals surface area contributed by atoms with Crippen molar-refractivity contribution in [2.45, 2.75) is 19.9 Å². The molecule has 0 bridgehead atoms. The lowest BCUT2D eigenvalue weighted by Gasteiger charge is -2.13. The number of hydrogen-bond acceptors (Lipinski definition) is 5. The maximum atomic E-state index is 13.5. The van der Waals surface area contributed by atoms with Crippen molar-refractivity contribution in [3.8, 4) is 16.9 Å². The van der Waals surface area contributed by atoms with E-state index in [4.69, 9.17) is 4.98 Å². The summed E-state index contributed by atoms with van der Waals surface area (Å²) in [5.41, 5.74) is 4.19. The largest absolute Gasteiger partial charge is 0.320 e. The second-order valence-electron chi connectivity index (χ2n) is 7.66. The molecule has 2 aromatic carbocycles. The van der Waals surface area contributed by atoms with Crippen molar-refractivity contribution in [1.29, 1.82) is 0 Å². The molecule has 5 aromatic rings. The number of anilines is 1. The average molecular weight is 423 g/mol. The van der Waals surface area contributed by atoms with Crippen molar-refractivity contribution < 1.29 is 4.79 Å². The Balaban J connectivity index is 1.62. The third-order valence-corrected chi connectivity index (χ3v) is 5.19. The average Bonchev–Trinajstić information content (AvgIpc) is 3.49. The van der Waals surface area contributed by atoms with Crippen molar-refractivity contribution in [3.63, 3.8) is 0 Å². The minimum atomic E-state index is -0.245. The first-order valence-corrected chi connectivity index (χ1v) is 10.3. The second-order valence-corrected chi connectivity index (χ2v) is 7.66. The lowest BCUT2D eigenvalue weighted by Crippen LogP contribution is -2.15. The fourth-order valence-electron chi connectivity index (χ4n) is 3.65. The molecule has 0 spiro atoms. The summed E-state index contributed by atoms with van der Waals surface area (Å²) < 4.78 is 3.45. The van der Waals surface area contributed by atoms with E-state index < -0.39 is 0 Å². The van der Waals surface area contributed by atoms with Gasteiger partial charge in [0.25, 0.3) is 5.91 Å². The minimum Gasteiger partial charge on any atom is -0.320 e. The first kappa shape index (κ1) is 19.6. The smallest absolute Gasteiger partial charge is 0.256 e. The van der Waals surface area contributed by atoms with Gasteiger partial charge in [0.05, 0.1) is 46.6 Å². The quantitative estimate of drug-likeness (QED) is 0.449. The molecule has 0 atom stereocenters. The van der Waals surface area contributed by atoms with E-state index in [1.165, 1.54) is 0 Å². The number of hydrogen-bond donors (Lipinski definition) is 1. The van der Waals surface area contributed by atoms with Gasteiger partial charge < -0.3 is 5.32 Å². The number of carbonyl (C=O) groups is 1. The first-order valence-electron chi connectivity index (χ1n) is 10.3. The van der Waals surface area contributed by atoms with E-state index in [-0.39, 0.29) is 11.9 Å². The Hall–Kier alpha value is -4.33. The number of pyridine rings is 1. The molecule has 0 aliphatic heterocycles. The van der Waals surface area contributed by atoms with Crippen LogP contribution in [0.2, 0.25) is 0 Å². The molecule has 0 saturated carbocycles. The van der Waals surface area contributed by atoms with Crippen LogP contribution in [0.1, 0.15) is 30.2 Å². The lowest BCUT2D eigenvalue weighted by atomic mass is 10.1. The fourth-order valence-corrected chi connectivity index (χ4v) is 3.65. The highest BCUT2D eigenvalue weighted by Gasteiger charge is 2.19. The fraction of sp³-hybridized carbons (Fsp3) is 0.125. The van der Waals surface area contributed by atoms with E-state index in [1.807, 2.05) is 79.2 Å². The summed E-state index contributed by atoms with van der Waals surface area (Å²) in [4.78, 5) is 18.3. The van der Waals surface area contributed by atoms with Crippen LogP contribution in [-0.4, -0.2) is 35.7 Å². The van der Waals surface area contributed by atoms with Gasteiger partial charge in [-0.05, 0) is 32.0 Å². The molecule has 3 aromatic heterocycles. The zero-order chi connectivity index (χ0) is 22.1. The Morgan fingerprint density at radius 3 is 2.56 bits per heavy atom. The first-order chi connectivity index (χ1) is 15.6. The van der Waals surface area contributed by atoms with Gasteiger partial charge in [-0.25, -0.2) is 14.3 Å². The van der Waals surface area contributed by atoms with E-state index in [2.05, 4.69) is 20.7 Å². The predicted octanol–water partition coefficient (Wildman–Crippen LogP) is 4.51. The Morgan fingerprint density at radius 1 is 1.03 bits per heavy atom. The van der Waals surface area contributed by atoms with Crippen molar-refractivity contribution in [3.05, 3.63) is 84.8 Å². The van der Waals surface area contributed by atoms with E-state index in [0.717, 1.165) is 16.9 Å². The number of amides is 1. The van der Waals surface area contributed by atoms with Crippen molar-refractivity contribution >= 4 is 22.6 Å². The molecule has 5 rings (SSSR count). The number of benzene rings is 2. The van der Waals surface area contributed by atoms with Gasteiger partial charge in [-0.2, -0.15) is 5.10 Å². The number of nitrogens with zero attached hydrogens (tertiary/aromatic N) is 6. The van der Waals surface area contributed by atoms with E-state index in [0.29, 0.717) is 22.3 Å². The van der Waals surface area contributed by atoms with Crippen LogP contribution in [0.3, 0.4) is 0 Å². The number of para-hydroxylation sites is 2. The molecule has 0 unspecified atom stereocenters. The molecular formula is C24H21N7O. The minimum absolute atomic E-state index is 0.106. The van der Waals surface area contributed by atoms with Crippen LogP contribution in [0.15, 0.2) is 79.3 Å². The van der Waals surface area contributed by atoms with Crippen molar-refractivity contribution in [2.75, 3.05) is 5.32 Å². The van der Waals surface area contributed by atoms with E-state index in [9.17, 15) is 4.79 Å². The Morgan fingerprint density at radius 2 is 1.81 bits per heavy atom. The summed E-state index contributed by atoms with van der Waals surface area (Å²) in [5.74, 6) is -0.245. The predicted molar refractivity (Wildman–Crippen MR) is 123 cm³/mol. The van der Waals surface area contributed by atoms with Gasteiger partial charge in [0.15, 0.2) is 5.65 Å². The van der Waals surface area contributed by atoms with Gasteiger partial charge >= 0.3 is 0 Å². The van der Waals surface area contributed by atoms with Crippen LogP contribution in [0.25, 0.3) is 28.0 Å². The van der Waals surface area contributed by atoms with Crippen LogP contribution in [0.4, 0.5) is 5.69 Å². The summed E-state index contributed by atoms with van der Waals surface area (Å²) in [7, 11) is 0. The maximum Gasteiger partial charge on any atom is 0.256 e. The van der Waals surface area contributed by atoms with Crippen LogP contribution < -0.4 is 5.32 Å². The number of fused-ring (bicyclic) bond motifs is 1. The maximum absolute atomic E-state index is 13.5. The van der Waals surface area contributed by atoms with Gasteiger partial charge in [0.2, 0.25) is 0 Å². The van der Waals surface area contributed by atoms with E-state index in [1.54, 1.807) is 23.3 Å². The molecule has 32 heavy (non-hydrogen) atoms. The third-order valence-electron chi connectivity index (χ3n) is 5.19. The highest BCUT2D eigenvalue weighted by molar-refractivity contribution is 6.13. The van der Waals surface area contributed by atoms with Crippen LogP contribution in [-0.2, 0) is 0 Å². The monoisotopic (exact) mass is 423 g/mol. The van der Waals surface area contributed by atoms with Crippen LogP contribution >= 0.6 is 0 Å². The number of carbonyl (C=O) groups excluding carboxylic acids is 1. The molecule has 0 radical (unpaired) electrons. The molecule has 1 N–H and O–H groups in total. The molecule has 158 valence electrons. The van der Waals surface area contributed by atoms with Gasteiger partial charge in [-0.3, -0.25) is 4.79 Å². The number of rotatable bonds is 5. The molecule has 0 aliphatic rings. The number of nitrogens with one attached hydrogen (secondary N) is 1. The Labute approximate surface area is 184 Å².